The molecule has 2 amide bonds. The number of hydrogen-bond donors (Lipinski definition) is 2. The van der Waals surface area contributed by atoms with Gasteiger partial charge in [0.25, 0.3) is 5.91 Å². The molecule has 0 aliphatic carbocycles. The lowest BCUT2D eigenvalue weighted by Crippen LogP contribution is -2.45. The van der Waals surface area contributed by atoms with E-state index in [0.29, 0.717) is 25.9 Å². The molecule has 10 nitrogen and oxygen atoms in total. The number of alkyl carbamates (subject to hydrolysis) is 1. The van der Waals surface area contributed by atoms with Crippen molar-refractivity contribution in [2.24, 2.45) is 0 Å². The maximum atomic E-state index is 12.2. The van der Waals surface area contributed by atoms with Crippen LogP contribution in [-0.4, -0.2) is 75.8 Å². The number of carbonyl (C=O) groups excluding carboxylic acids is 4. The Bertz CT molecular complexity index is 664. The van der Waals surface area contributed by atoms with Gasteiger partial charge in [0, 0.05) is 18.8 Å². The summed E-state index contributed by atoms with van der Waals surface area (Å²) in [5, 5.41) is 5.06. The summed E-state index contributed by atoms with van der Waals surface area (Å²) >= 11 is 0. The highest BCUT2D eigenvalue weighted by Crippen LogP contribution is 2.16. The summed E-state index contributed by atoms with van der Waals surface area (Å²) < 4.78 is 20.3. The van der Waals surface area contributed by atoms with Gasteiger partial charge in [-0.25, -0.2) is 14.4 Å². The molecule has 0 aliphatic rings. The highest BCUT2D eigenvalue weighted by molar-refractivity contribution is 6.14. The number of amides is 2. The Morgan fingerprint density at radius 2 is 1.41 bits per heavy atom. The summed E-state index contributed by atoms with van der Waals surface area (Å²) in [5.74, 6) is -1.48. The Labute approximate surface area is 190 Å². The van der Waals surface area contributed by atoms with Crippen molar-refractivity contribution in [1.82, 2.24) is 10.6 Å². The molecule has 0 saturated carbocycles. The van der Waals surface area contributed by atoms with Crippen molar-refractivity contribution < 1.29 is 38.1 Å². The van der Waals surface area contributed by atoms with E-state index in [1.165, 1.54) is 0 Å². The molecule has 0 heterocycles. The van der Waals surface area contributed by atoms with Gasteiger partial charge in [0.2, 0.25) is 0 Å². The first-order valence-corrected chi connectivity index (χ1v) is 10.2. The molecule has 178 valence electrons. The summed E-state index contributed by atoms with van der Waals surface area (Å²) in [5.41, 5.74) is -2.27. The van der Waals surface area contributed by atoms with Gasteiger partial charge in [-0.05, 0) is 40.0 Å². The Kier molecular flexibility index (Phi) is 13.7. The molecule has 0 aromatic heterocycles. The van der Waals surface area contributed by atoms with Crippen LogP contribution in [0, 0.1) is 0 Å². The average molecular weight is 452 g/mol. The quantitative estimate of drug-likeness (QED) is 0.117. The van der Waals surface area contributed by atoms with Crippen LogP contribution in [0.4, 0.5) is 4.79 Å². The Morgan fingerprint density at radius 3 is 1.94 bits per heavy atom. The second-order valence-electron chi connectivity index (χ2n) is 7.44. The van der Waals surface area contributed by atoms with Crippen LogP contribution in [0.1, 0.15) is 40.0 Å². The van der Waals surface area contributed by atoms with Gasteiger partial charge < -0.3 is 29.6 Å². The zero-order chi connectivity index (χ0) is 24.6. The molecule has 0 aromatic rings. The van der Waals surface area contributed by atoms with Gasteiger partial charge >= 0.3 is 18.0 Å². The summed E-state index contributed by atoms with van der Waals surface area (Å²) in [4.78, 5) is 45.8. The summed E-state index contributed by atoms with van der Waals surface area (Å²) in [6, 6.07) is 0. The van der Waals surface area contributed by atoms with Crippen LogP contribution in [0.5, 0.6) is 0 Å². The van der Waals surface area contributed by atoms with Crippen LogP contribution in [0.15, 0.2) is 25.3 Å². The van der Waals surface area contributed by atoms with Gasteiger partial charge in [-0.2, -0.15) is 0 Å². The predicted molar refractivity (Wildman–Crippen MR) is 118 cm³/mol. The van der Waals surface area contributed by atoms with E-state index in [1.54, 1.807) is 20.8 Å². The summed E-state index contributed by atoms with van der Waals surface area (Å²) in [6.45, 7) is 11.9. The van der Waals surface area contributed by atoms with Crippen molar-refractivity contribution in [3.8, 4) is 0 Å². The fourth-order valence-electron chi connectivity index (χ4n) is 2.22. The van der Waals surface area contributed by atoms with Crippen molar-refractivity contribution in [2.75, 3.05) is 32.9 Å². The lowest BCUT2D eigenvalue weighted by atomic mass is 9.79. The fourth-order valence-corrected chi connectivity index (χ4v) is 2.22. The number of rotatable bonds is 16. The lowest BCUT2D eigenvalue weighted by Gasteiger charge is -2.27. The van der Waals surface area contributed by atoms with Crippen molar-refractivity contribution >= 4 is 31.8 Å². The average Bonchev–Trinajstić information content (AvgIpc) is 2.72. The van der Waals surface area contributed by atoms with Gasteiger partial charge in [-0.15, -0.1) is 0 Å². The molecule has 1 unspecified atom stereocenters. The largest absolute Gasteiger partial charge is 0.461 e. The molecule has 0 fully saturated rings. The molecule has 0 bridgehead atoms. The van der Waals surface area contributed by atoms with E-state index >= 15 is 0 Å². The lowest BCUT2D eigenvalue weighted by molar-refractivity contribution is -0.144. The zero-order valence-corrected chi connectivity index (χ0v) is 19.1. The smallest absolute Gasteiger partial charge is 0.406 e. The molecule has 0 spiro atoms. The molecule has 0 aromatic carbocycles. The number of unbranched alkanes of at least 4 members (excludes halogenated alkanes) is 1. The van der Waals surface area contributed by atoms with E-state index in [4.69, 9.17) is 26.8 Å². The van der Waals surface area contributed by atoms with Crippen molar-refractivity contribution in [3.63, 3.8) is 0 Å². The zero-order valence-electron chi connectivity index (χ0n) is 19.1. The van der Waals surface area contributed by atoms with Gasteiger partial charge in [0.1, 0.15) is 26.7 Å². The third-order valence-corrected chi connectivity index (χ3v) is 3.98. The SMILES string of the molecule is [B]C(C)(CCCCOC(C)(C)C(=O)NCCOC(=O)C=C)OC(=O)NCCOC(=O)C=C. The monoisotopic (exact) mass is 452 g/mol. The minimum atomic E-state index is -1.20. The molecule has 1 atom stereocenters. The molecule has 2 radical (unpaired) electrons. The maximum Gasteiger partial charge on any atom is 0.406 e. The van der Waals surface area contributed by atoms with E-state index in [9.17, 15) is 19.2 Å². The molecular weight excluding hydrogens is 419 g/mol. The highest BCUT2D eigenvalue weighted by atomic mass is 16.6. The molecular formula is C21H33BN2O8. The Balaban J connectivity index is 4.04. The normalized spacial score (nSPS) is 12.6. The van der Waals surface area contributed by atoms with Gasteiger partial charge in [-0.3, -0.25) is 4.79 Å². The first-order chi connectivity index (χ1) is 14.9. The second kappa shape index (κ2) is 15.1. The number of carbonyl (C=O) groups is 4. The van der Waals surface area contributed by atoms with Crippen molar-refractivity contribution in [3.05, 3.63) is 25.3 Å². The number of hydrogen-bond acceptors (Lipinski definition) is 8. The molecule has 0 rings (SSSR count). The maximum absolute atomic E-state index is 12.2. The van der Waals surface area contributed by atoms with Crippen molar-refractivity contribution in [2.45, 2.75) is 51.1 Å². The number of nitrogens with one attached hydrogen (secondary N) is 2. The minimum Gasteiger partial charge on any atom is -0.461 e. The fraction of sp³-hybridized carbons (Fsp3) is 0.619. The Morgan fingerprint density at radius 1 is 0.875 bits per heavy atom. The van der Waals surface area contributed by atoms with Gasteiger partial charge in [-0.1, -0.05) is 13.2 Å². The summed E-state index contributed by atoms with van der Waals surface area (Å²) in [7, 11) is 5.98. The molecule has 2 N–H and O–H groups in total. The number of esters is 2. The van der Waals surface area contributed by atoms with Crippen LogP contribution >= 0.6 is 0 Å². The van der Waals surface area contributed by atoms with E-state index in [0.717, 1.165) is 12.2 Å². The van der Waals surface area contributed by atoms with Crippen molar-refractivity contribution in [1.29, 1.82) is 0 Å². The van der Waals surface area contributed by atoms with E-state index in [1.807, 2.05) is 0 Å². The van der Waals surface area contributed by atoms with Crippen LogP contribution in [-0.2, 0) is 33.3 Å². The predicted octanol–water partition coefficient (Wildman–Crippen LogP) is 1.14. The van der Waals surface area contributed by atoms with Gasteiger partial charge in [0.05, 0.1) is 18.6 Å². The van der Waals surface area contributed by atoms with Gasteiger partial charge in [0.15, 0.2) is 0 Å². The second-order valence-corrected chi connectivity index (χ2v) is 7.44. The summed E-state index contributed by atoms with van der Waals surface area (Å²) in [6.07, 6.45) is 2.89. The van der Waals surface area contributed by atoms with E-state index in [2.05, 4.69) is 23.8 Å². The Hall–Kier alpha value is -2.82. The number of ether oxygens (including phenoxy) is 4. The van der Waals surface area contributed by atoms with Crippen LogP contribution < -0.4 is 10.6 Å². The molecule has 32 heavy (non-hydrogen) atoms. The molecule has 0 saturated heterocycles. The third kappa shape index (κ3) is 14.2. The van der Waals surface area contributed by atoms with E-state index in [-0.39, 0.29) is 32.2 Å². The van der Waals surface area contributed by atoms with Crippen LogP contribution in [0.3, 0.4) is 0 Å². The van der Waals surface area contributed by atoms with Crippen LogP contribution in [0.2, 0.25) is 0 Å². The highest BCUT2D eigenvalue weighted by Gasteiger charge is 2.28. The topological polar surface area (TPSA) is 129 Å². The third-order valence-electron chi connectivity index (χ3n) is 3.98. The minimum absolute atomic E-state index is 0.0120. The standard InChI is InChI=1S/C21H33BN2O8/c1-6-16(25)29-14-11-23-18(27)20(3,4)31-13-9-8-10-21(5,22)32-19(28)24-12-15-30-17(26)7-2/h6-7H,1-2,8-15H2,3-5H3,(H,23,27)(H,24,28). The first kappa shape index (κ1) is 29.2. The van der Waals surface area contributed by atoms with E-state index < -0.39 is 29.1 Å². The first-order valence-electron chi connectivity index (χ1n) is 10.2. The van der Waals surface area contributed by atoms with Crippen LogP contribution in [0.25, 0.3) is 0 Å². The molecule has 0 aliphatic heterocycles. The molecule has 11 heteroatoms.